The van der Waals surface area contributed by atoms with Gasteiger partial charge in [0.15, 0.2) is 0 Å². The van der Waals surface area contributed by atoms with E-state index in [9.17, 15) is 4.79 Å². The van der Waals surface area contributed by atoms with Gasteiger partial charge in [-0.2, -0.15) is 0 Å². The zero-order valence-electron chi connectivity index (χ0n) is 11.4. The first-order chi connectivity index (χ1) is 8.00. The van der Waals surface area contributed by atoms with Crippen LogP contribution < -0.4 is 5.32 Å². The monoisotopic (exact) mass is 239 g/mol. The quantitative estimate of drug-likeness (QED) is 0.767. The predicted octanol–water partition coefficient (Wildman–Crippen LogP) is 0.250. The minimum Gasteiger partial charge on any atom is -0.341 e. The molecule has 0 aromatic carbocycles. The van der Waals surface area contributed by atoms with E-state index < -0.39 is 0 Å². The molecule has 2 rings (SSSR count). The van der Waals surface area contributed by atoms with Crippen LogP contribution in [0.1, 0.15) is 13.8 Å². The number of hydrogen-bond acceptors (Lipinski definition) is 3. The Bertz CT molecular complexity index is 288. The summed E-state index contributed by atoms with van der Waals surface area (Å²) in [4.78, 5) is 16.7. The summed E-state index contributed by atoms with van der Waals surface area (Å²) in [6.07, 6.45) is 0. The van der Waals surface area contributed by atoms with Crippen molar-refractivity contribution in [3.05, 3.63) is 0 Å². The van der Waals surface area contributed by atoms with E-state index in [4.69, 9.17) is 0 Å². The van der Waals surface area contributed by atoms with Crippen molar-refractivity contribution in [3.8, 4) is 0 Å². The molecule has 0 saturated carbocycles. The van der Waals surface area contributed by atoms with Crippen molar-refractivity contribution in [2.45, 2.75) is 19.9 Å². The van der Waals surface area contributed by atoms with Crippen LogP contribution in [0.2, 0.25) is 0 Å². The molecule has 0 aliphatic carbocycles. The third-order valence-corrected chi connectivity index (χ3v) is 4.46. The molecule has 2 fully saturated rings. The summed E-state index contributed by atoms with van der Waals surface area (Å²) in [7, 11) is 4.21. The Morgan fingerprint density at radius 1 is 1.35 bits per heavy atom. The van der Waals surface area contributed by atoms with Gasteiger partial charge in [-0.25, -0.2) is 0 Å². The highest BCUT2D eigenvalue weighted by molar-refractivity contribution is 5.79. The van der Waals surface area contributed by atoms with E-state index in [0.29, 0.717) is 23.8 Å². The number of amides is 1. The van der Waals surface area contributed by atoms with Gasteiger partial charge in [0.25, 0.3) is 0 Å². The van der Waals surface area contributed by atoms with E-state index in [1.807, 2.05) is 0 Å². The van der Waals surface area contributed by atoms with E-state index >= 15 is 0 Å². The number of likely N-dealkylation sites (tertiary alicyclic amines) is 1. The highest BCUT2D eigenvalue weighted by Crippen LogP contribution is 2.25. The Morgan fingerprint density at radius 3 is 2.41 bits per heavy atom. The molecule has 1 amide bonds. The van der Waals surface area contributed by atoms with Crippen LogP contribution in [-0.4, -0.2) is 62.0 Å². The molecule has 2 aliphatic rings. The first-order valence-corrected chi connectivity index (χ1v) is 6.66. The van der Waals surface area contributed by atoms with E-state index in [0.717, 1.165) is 26.2 Å². The molecule has 0 aromatic heterocycles. The average molecular weight is 239 g/mol. The van der Waals surface area contributed by atoms with E-state index in [1.165, 1.54) is 0 Å². The second-order valence-electron chi connectivity index (χ2n) is 5.96. The lowest BCUT2D eigenvalue weighted by Gasteiger charge is -2.34. The minimum atomic E-state index is 0.185. The second-order valence-corrected chi connectivity index (χ2v) is 5.96. The number of nitrogens with zero attached hydrogens (tertiary/aromatic N) is 2. The Morgan fingerprint density at radius 2 is 2.00 bits per heavy atom. The van der Waals surface area contributed by atoms with Gasteiger partial charge in [0.1, 0.15) is 0 Å². The van der Waals surface area contributed by atoms with Crippen LogP contribution in [0, 0.1) is 17.8 Å². The second kappa shape index (κ2) is 4.94. The summed E-state index contributed by atoms with van der Waals surface area (Å²) in [6.45, 7) is 8.17. The molecule has 0 radical (unpaired) electrons. The molecule has 4 nitrogen and oxygen atoms in total. The van der Waals surface area contributed by atoms with Gasteiger partial charge in [-0.15, -0.1) is 0 Å². The van der Waals surface area contributed by atoms with Crippen LogP contribution in [0.5, 0.6) is 0 Å². The standard InChI is InChI=1S/C13H25N3O/c1-9-7-16(8-12(9)15(3)4)13(17)10(2)11-5-14-6-11/h9-12,14H,5-8H2,1-4H3. The Kier molecular flexibility index (Phi) is 3.73. The third kappa shape index (κ3) is 2.47. The van der Waals surface area contributed by atoms with Crippen LogP contribution in [-0.2, 0) is 4.79 Å². The van der Waals surface area contributed by atoms with Gasteiger partial charge in [0.2, 0.25) is 5.91 Å². The summed E-state index contributed by atoms with van der Waals surface area (Å²) < 4.78 is 0. The fourth-order valence-corrected chi connectivity index (χ4v) is 2.96. The van der Waals surface area contributed by atoms with Gasteiger partial charge in [-0.3, -0.25) is 4.79 Å². The number of carbonyl (C=O) groups is 1. The van der Waals surface area contributed by atoms with Gasteiger partial charge in [-0.1, -0.05) is 13.8 Å². The Hall–Kier alpha value is -0.610. The van der Waals surface area contributed by atoms with Crippen molar-refractivity contribution in [3.63, 3.8) is 0 Å². The molecule has 2 heterocycles. The molecular formula is C13H25N3O. The fraction of sp³-hybridized carbons (Fsp3) is 0.923. The van der Waals surface area contributed by atoms with E-state index in [1.54, 1.807) is 0 Å². The van der Waals surface area contributed by atoms with E-state index in [-0.39, 0.29) is 5.92 Å². The summed E-state index contributed by atoms with van der Waals surface area (Å²) in [5.74, 6) is 1.67. The molecule has 98 valence electrons. The van der Waals surface area contributed by atoms with Gasteiger partial charge in [0.05, 0.1) is 0 Å². The number of carbonyl (C=O) groups excluding carboxylic acids is 1. The van der Waals surface area contributed by atoms with Gasteiger partial charge in [0, 0.05) is 25.0 Å². The minimum absolute atomic E-state index is 0.185. The number of rotatable bonds is 3. The van der Waals surface area contributed by atoms with Crippen LogP contribution in [0.3, 0.4) is 0 Å². The molecule has 0 spiro atoms. The first kappa shape index (κ1) is 12.8. The van der Waals surface area contributed by atoms with Crippen molar-refractivity contribution in [1.82, 2.24) is 15.1 Å². The summed E-state index contributed by atoms with van der Waals surface area (Å²) in [5, 5.41) is 3.24. The Labute approximate surface area is 104 Å². The van der Waals surface area contributed by atoms with Crippen molar-refractivity contribution < 1.29 is 4.79 Å². The number of likely N-dealkylation sites (N-methyl/N-ethyl adjacent to an activating group) is 1. The molecule has 2 saturated heterocycles. The van der Waals surface area contributed by atoms with Crippen LogP contribution >= 0.6 is 0 Å². The molecule has 0 bridgehead atoms. The Balaban J connectivity index is 1.92. The normalized spacial score (nSPS) is 31.7. The van der Waals surface area contributed by atoms with Crippen molar-refractivity contribution in [2.24, 2.45) is 17.8 Å². The molecule has 3 atom stereocenters. The molecular weight excluding hydrogens is 214 g/mol. The predicted molar refractivity (Wildman–Crippen MR) is 68.7 cm³/mol. The first-order valence-electron chi connectivity index (χ1n) is 6.66. The molecule has 4 heteroatoms. The van der Waals surface area contributed by atoms with Gasteiger partial charge >= 0.3 is 0 Å². The van der Waals surface area contributed by atoms with Gasteiger partial charge in [-0.05, 0) is 39.0 Å². The van der Waals surface area contributed by atoms with Crippen LogP contribution in [0.4, 0.5) is 0 Å². The SMILES string of the molecule is CC1CN(C(=O)C(C)C2CNC2)CC1N(C)C. The van der Waals surface area contributed by atoms with Crippen molar-refractivity contribution in [1.29, 1.82) is 0 Å². The maximum atomic E-state index is 12.4. The lowest BCUT2D eigenvalue weighted by molar-refractivity contribution is -0.136. The molecule has 2 aliphatic heterocycles. The van der Waals surface area contributed by atoms with Crippen molar-refractivity contribution >= 4 is 5.91 Å². The highest BCUT2D eigenvalue weighted by atomic mass is 16.2. The number of hydrogen-bond donors (Lipinski definition) is 1. The zero-order valence-corrected chi connectivity index (χ0v) is 11.4. The molecule has 3 unspecified atom stereocenters. The summed E-state index contributed by atoms with van der Waals surface area (Å²) in [5.41, 5.74) is 0. The fourth-order valence-electron chi connectivity index (χ4n) is 2.96. The third-order valence-electron chi connectivity index (χ3n) is 4.46. The lowest BCUT2D eigenvalue weighted by atomic mass is 9.88. The highest BCUT2D eigenvalue weighted by Gasteiger charge is 2.38. The summed E-state index contributed by atoms with van der Waals surface area (Å²) in [6, 6.07) is 0.519. The largest absolute Gasteiger partial charge is 0.341 e. The van der Waals surface area contributed by atoms with Crippen LogP contribution in [0.25, 0.3) is 0 Å². The average Bonchev–Trinajstić information content (AvgIpc) is 2.56. The van der Waals surface area contributed by atoms with E-state index in [2.05, 4.69) is 43.1 Å². The van der Waals surface area contributed by atoms with Crippen molar-refractivity contribution in [2.75, 3.05) is 40.3 Å². The zero-order chi connectivity index (χ0) is 12.6. The number of nitrogens with one attached hydrogen (secondary N) is 1. The molecule has 17 heavy (non-hydrogen) atoms. The maximum Gasteiger partial charge on any atom is 0.225 e. The molecule has 1 N–H and O–H groups in total. The topological polar surface area (TPSA) is 35.6 Å². The summed E-state index contributed by atoms with van der Waals surface area (Å²) >= 11 is 0. The lowest BCUT2D eigenvalue weighted by Crippen LogP contribution is -2.50. The maximum absolute atomic E-state index is 12.4. The van der Waals surface area contributed by atoms with Gasteiger partial charge < -0.3 is 15.1 Å². The smallest absolute Gasteiger partial charge is 0.225 e. The van der Waals surface area contributed by atoms with Crippen LogP contribution in [0.15, 0.2) is 0 Å². The molecule has 0 aromatic rings.